The minimum Gasteiger partial charge on any atom is -0.258 e. The van der Waals surface area contributed by atoms with Crippen molar-refractivity contribution in [1.82, 2.24) is 0 Å². The van der Waals surface area contributed by atoms with Gasteiger partial charge in [-0.2, -0.15) is 0 Å². The van der Waals surface area contributed by atoms with E-state index in [1.807, 2.05) is 0 Å². The molecule has 3 rings (SSSR count). The van der Waals surface area contributed by atoms with Gasteiger partial charge in [-0.15, -0.1) is 0 Å². The number of hydrogen-bond acceptors (Lipinski definition) is 5. The van der Waals surface area contributed by atoms with Crippen molar-refractivity contribution in [3.05, 3.63) is 80.4 Å². The summed E-state index contributed by atoms with van der Waals surface area (Å²) in [5.74, 6) is -1.59. The van der Waals surface area contributed by atoms with Crippen molar-refractivity contribution in [1.29, 1.82) is 0 Å². The quantitative estimate of drug-likeness (QED) is 0.473. The van der Waals surface area contributed by atoms with E-state index < -0.39 is 31.5 Å². The van der Waals surface area contributed by atoms with E-state index in [4.69, 9.17) is 0 Å². The first kappa shape index (κ1) is 16.7. The molecule has 6 nitrogen and oxygen atoms in total. The fraction of sp³-hybridized carbons (Fsp3) is 0. The predicted molar refractivity (Wildman–Crippen MR) is 88.4 cm³/mol. The second-order valence-corrected chi connectivity index (χ2v) is 5.91. The monoisotopic (exact) mass is 362 g/mol. The van der Waals surface area contributed by atoms with Gasteiger partial charge in [-0.3, -0.25) is 20.2 Å². The smallest absolute Gasteiger partial charge is 0.258 e. The van der Waals surface area contributed by atoms with Crippen LogP contribution in [-0.2, 0) is 0 Å². The van der Waals surface area contributed by atoms with E-state index in [9.17, 15) is 29.0 Å². The van der Waals surface area contributed by atoms with Gasteiger partial charge < -0.3 is 0 Å². The molecule has 0 N–H and O–H groups in total. The van der Waals surface area contributed by atoms with Gasteiger partial charge in [0.1, 0.15) is 11.6 Å². The van der Waals surface area contributed by atoms with Crippen LogP contribution in [0.4, 0.5) is 18.8 Å². The third-order valence-electron chi connectivity index (χ3n) is 3.49. The van der Waals surface area contributed by atoms with Crippen molar-refractivity contribution in [3.8, 4) is 22.3 Å². The first-order valence-corrected chi connectivity index (χ1v) is 7.68. The van der Waals surface area contributed by atoms with Gasteiger partial charge in [0.25, 0.3) is 0 Å². The summed E-state index contributed by atoms with van der Waals surface area (Å²) in [5, 5.41) is 21.5. The molecular formula is C16H8F2N2O4S. The number of rotatable bonds is 4. The molecule has 0 bridgehead atoms. The predicted octanol–water partition coefficient (Wildman–Crippen LogP) is 5.18. The minimum absolute atomic E-state index is 0.197. The zero-order valence-corrected chi connectivity index (χ0v) is 13.1. The van der Waals surface area contributed by atoms with Crippen molar-refractivity contribution in [3.63, 3.8) is 0 Å². The molecule has 0 aliphatic rings. The molecule has 1 heterocycles. The lowest BCUT2D eigenvalue weighted by Crippen LogP contribution is -1.94. The minimum atomic E-state index is -0.830. The van der Waals surface area contributed by atoms with E-state index in [-0.39, 0.29) is 33.6 Å². The Morgan fingerprint density at radius 3 is 1.40 bits per heavy atom. The molecule has 0 aliphatic heterocycles. The maximum Gasteiger partial charge on any atom is 0.338 e. The van der Waals surface area contributed by atoms with Crippen LogP contribution in [0.3, 0.4) is 0 Å². The van der Waals surface area contributed by atoms with Crippen LogP contribution in [0.2, 0.25) is 0 Å². The topological polar surface area (TPSA) is 86.3 Å². The van der Waals surface area contributed by atoms with Crippen molar-refractivity contribution in [2.75, 3.05) is 0 Å². The summed E-state index contributed by atoms with van der Waals surface area (Å²) < 4.78 is 28.5. The molecule has 0 amide bonds. The summed E-state index contributed by atoms with van der Waals surface area (Å²) in [4.78, 5) is 21.1. The number of halogens is 2. The maximum atomic E-state index is 14.2. The Bertz CT molecular complexity index is 926. The molecule has 0 saturated carbocycles. The number of nitro groups is 2. The fourth-order valence-corrected chi connectivity index (χ4v) is 3.45. The van der Waals surface area contributed by atoms with Crippen LogP contribution in [0.1, 0.15) is 0 Å². The molecule has 0 unspecified atom stereocenters. The van der Waals surface area contributed by atoms with Gasteiger partial charge in [0.2, 0.25) is 0 Å². The van der Waals surface area contributed by atoms with E-state index in [1.54, 1.807) is 0 Å². The first-order chi connectivity index (χ1) is 11.9. The Hall–Kier alpha value is -3.20. The summed E-state index contributed by atoms with van der Waals surface area (Å²) in [7, 11) is 0. The van der Waals surface area contributed by atoms with Crippen LogP contribution >= 0.6 is 11.3 Å². The number of hydrogen-bond donors (Lipinski definition) is 0. The zero-order chi connectivity index (χ0) is 18.1. The summed E-state index contributed by atoms with van der Waals surface area (Å²) in [6.07, 6.45) is 0. The van der Waals surface area contributed by atoms with Crippen molar-refractivity contribution >= 4 is 21.3 Å². The Kier molecular flexibility index (Phi) is 4.24. The average Bonchev–Trinajstić information content (AvgIpc) is 2.96. The van der Waals surface area contributed by atoms with Crippen LogP contribution in [-0.4, -0.2) is 9.85 Å². The number of benzene rings is 2. The van der Waals surface area contributed by atoms with Crippen LogP contribution in [0.5, 0.6) is 0 Å². The largest absolute Gasteiger partial charge is 0.338 e. The number of nitrogens with zero attached hydrogens (tertiary/aromatic N) is 2. The Labute approximate surface area is 143 Å². The summed E-state index contributed by atoms with van der Waals surface area (Å²) in [6, 6.07) is 10.3. The van der Waals surface area contributed by atoms with Gasteiger partial charge in [0.15, 0.2) is 0 Å². The molecule has 0 radical (unpaired) electrons. The molecule has 3 aromatic rings. The Balaban J connectivity index is 2.48. The average molecular weight is 362 g/mol. The third-order valence-corrected chi connectivity index (χ3v) is 4.58. The van der Waals surface area contributed by atoms with E-state index in [1.165, 1.54) is 36.4 Å². The van der Waals surface area contributed by atoms with Gasteiger partial charge in [-0.05, 0) is 12.1 Å². The van der Waals surface area contributed by atoms with Gasteiger partial charge in [-0.1, -0.05) is 36.4 Å². The van der Waals surface area contributed by atoms with Gasteiger partial charge in [-0.25, -0.2) is 8.78 Å². The van der Waals surface area contributed by atoms with E-state index in [2.05, 4.69) is 0 Å². The van der Waals surface area contributed by atoms with Gasteiger partial charge >= 0.3 is 10.0 Å². The standard InChI is InChI=1S/C16H8F2N2O4S/c17-11-7-3-1-5-9(11)13-14(10-6-2-4-8-12(10)18)16(20(23)24)25-15(13)19(21)22/h1-8H. The van der Waals surface area contributed by atoms with Crippen molar-refractivity contribution in [2.45, 2.75) is 0 Å². The van der Waals surface area contributed by atoms with Crippen molar-refractivity contribution < 1.29 is 18.6 Å². The summed E-state index contributed by atoms with van der Waals surface area (Å²) in [5.41, 5.74) is -0.997. The lowest BCUT2D eigenvalue weighted by atomic mass is 9.96. The molecular weight excluding hydrogens is 354 g/mol. The maximum absolute atomic E-state index is 14.2. The van der Waals surface area contributed by atoms with Gasteiger partial charge in [0, 0.05) is 22.5 Å². The normalized spacial score (nSPS) is 10.6. The van der Waals surface area contributed by atoms with Crippen LogP contribution in [0, 0.1) is 31.9 Å². The van der Waals surface area contributed by atoms with E-state index >= 15 is 0 Å². The molecule has 2 aromatic carbocycles. The molecule has 25 heavy (non-hydrogen) atoms. The second kappa shape index (κ2) is 6.36. The Morgan fingerprint density at radius 2 is 1.08 bits per heavy atom. The summed E-state index contributed by atoms with van der Waals surface area (Å²) in [6.45, 7) is 0. The lowest BCUT2D eigenvalue weighted by Gasteiger charge is -2.06. The van der Waals surface area contributed by atoms with Gasteiger partial charge in [0.05, 0.1) is 21.0 Å². The molecule has 0 fully saturated rings. The first-order valence-electron chi connectivity index (χ1n) is 6.87. The second-order valence-electron chi connectivity index (χ2n) is 4.94. The molecule has 9 heteroatoms. The molecule has 0 saturated heterocycles. The molecule has 0 atom stereocenters. The molecule has 0 spiro atoms. The molecule has 0 aliphatic carbocycles. The van der Waals surface area contributed by atoms with Crippen LogP contribution in [0.25, 0.3) is 22.3 Å². The van der Waals surface area contributed by atoms with Crippen LogP contribution < -0.4 is 0 Å². The highest BCUT2D eigenvalue weighted by molar-refractivity contribution is 7.19. The fourth-order valence-electron chi connectivity index (χ4n) is 2.49. The molecule has 126 valence electrons. The van der Waals surface area contributed by atoms with E-state index in [0.29, 0.717) is 0 Å². The third kappa shape index (κ3) is 2.85. The lowest BCUT2D eigenvalue weighted by molar-refractivity contribution is -0.382. The van der Waals surface area contributed by atoms with Crippen LogP contribution in [0.15, 0.2) is 48.5 Å². The number of thiophene rings is 1. The highest BCUT2D eigenvalue weighted by atomic mass is 32.1. The highest BCUT2D eigenvalue weighted by Crippen LogP contribution is 2.52. The SMILES string of the molecule is O=[N+]([O-])c1sc([N+](=O)[O-])c(-c2ccccc2F)c1-c1ccccc1F. The zero-order valence-electron chi connectivity index (χ0n) is 12.3. The van der Waals surface area contributed by atoms with Crippen molar-refractivity contribution in [2.24, 2.45) is 0 Å². The molecule has 1 aromatic heterocycles. The Morgan fingerprint density at radius 1 is 0.720 bits per heavy atom. The van der Waals surface area contributed by atoms with E-state index in [0.717, 1.165) is 12.1 Å². The summed E-state index contributed by atoms with van der Waals surface area (Å²) >= 11 is 0.278. The highest BCUT2D eigenvalue weighted by Gasteiger charge is 2.36.